The molecule has 0 aliphatic heterocycles. The Kier molecular flexibility index (Phi) is 9.73. The van der Waals surface area contributed by atoms with Gasteiger partial charge in [-0.15, -0.1) is 11.3 Å². The van der Waals surface area contributed by atoms with Crippen LogP contribution in [-0.4, -0.2) is 57.6 Å². The largest absolute Gasteiger partial charge is 0.497 e. The lowest BCUT2D eigenvalue weighted by atomic mass is 10.2. The van der Waals surface area contributed by atoms with E-state index in [2.05, 4.69) is 26.8 Å². The average Bonchev–Trinajstić information content (AvgIpc) is 3.30. The Morgan fingerprint density at radius 2 is 1.83 bits per heavy atom. The summed E-state index contributed by atoms with van der Waals surface area (Å²) >= 11 is 2.75. The fourth-order valence-corrected chi connectivity index (χ4v) is 5.31. The molecule has 1 aromatic carbocycles. The molecule has 0 unspecified atom stereocenters. The number of carbonyl (C=O) groups is 1. The molecule has 3 aromatic rings. The van der Waals surface area contributed by atoms with Crippen molar-refractivity contribution >= 4 is 35.0 Å². The van der Waals surface area contributed by atoms with Gasteiger partial charge in [0.2, 0.25) is 5.95 Å². The first-order valence-corrected chi connectivity index (χ1v) is 13.2. The molecule has 0 radical (unpaired) electrons. The van der Waals surface area contributed by atoms with Crippen LogP contribution >= 0.6 is 23.1 Å². The van der Waals surface area contributed by atoms with Crippen LogP contribution in [0.25, 0.3) is 0 Å². The zero-order chi connectivity index (χ0) is 25.3. The molecule has 0 atom stereocenters. The van der Waals surface area contributed by atoms with Crippen LogP contribution in [0.3, 0.4) is 0 Å². The molecule has 2 aromatic heterocycles. The third-order valence-electron chi connectivity index (χ3n) is 5.31. The van der Waals surface area contributed by atoms with E-state index in [1.807, 2.05) is 42.0 Å². The Bertz CT molecular complexity index is 1070. The minimum Gasteiger partial charge on any atom is -0.497 e. The number of methoxy groups -OCH3 is 1. The number of aromatic nitrogens is 3. The Balaban J connectivity index is 1.58. The fraction of sp³-hybridized carbons (Fsp3) is 0.440. The molecule has 2 heterocycles. The molecule has 0 aliphatic rings. The van der Waals surface area contributed by atoms with Gasteiger partial charge in [-0.3, -0.25) is 4.79 Å². The third-order valence-corrected chi connectivity index (χ3v) is 7.48. The van der Waals surface area contributed by atoms with Gasteiger partial charge in [0.05, 0.1) is 19.4 Å². The molecular weight excluding hydrogens is 484 g/mol. The standard InChI is InChI=1S/C25H32N4O4S2/c1-5-18-15-26-23(27-16-18)29(12-6-14-33-21-9-7-20(32-4)8-10-21)13-11-19-17-34-24(28-19)35-25(2,3)22(30)31/h7-10,15-17H,5-6,11-14H2,1-4H3,(H,30,31). The van der Waals surface area contributed by atoms with Crippen LogP contribution in [0.4, 0.5) is 5.95 Å². The van der Waals surface area contributed by atoms with Gasteiger partial charge in [0.1, 0.15) is 16.2 Å². The van der Waals surface area contributed by atoms with Crippen molar-refractivity contribution in [1.82, 2.24) is 15.0 Å². The van der Waals surface area contributed by atoms with Crippen molar-refractivity contribution in [2.45, 2.75) is 49.1 Å². The van der Waals surface area contributed by atoms with E-state index in [4.69, 9.17) is 9.47 Å². The number of nitrogens with zero attached hydrogens (tertiary/aromatic N) is 4. The molecule has 10 heteroatoms. The SMILES string of the molecule is CCc1cnc(N(CCCOc2ccc(OC)cc2)CCc2csc(SC(C)(C)C(=O)O)n2)nc1. The van der Waals surface area contributed by atoms with Crippen molar-refractivity contribution in [2.24, 2.45) is 0 Å². The summed E-state index contributed by atoms with van der Waals surface area (Å²) in [4.78, 5) is 27.3. The third kappa shape index (κ3) is 8.10. The Morgan fingerprint density at radius 3 is 2.46 bits per heavy atom. The summed E-state index contributed by atoms with van der Waals surface area (Å²) in [7, 11) is 1.64. The molecule has 0 bridgehead atoms. The van der Waals surface area contributed by atoms with E-state index in [0.29, 0.717) is 25.5 Å². The van der Waals surface area contributed by atoms with Crippen molar-refractivity contribution in [3.8, 4) is 11.5 Å². The first kappa shape index (κ1) is 26.7. The molecule has 0 aliphatic carbocycles. The number of hydrogen-bond acceptors (Lipinski definition) is 9. The highest BCUT2D eigenvalue weighted by Gasteiger charge is 2.29. The van der Waals surface area contributed by atoms with Gasteiger partial charge in [-0.25, -0.2) is 15.0 Å². The van der Waals surface area contributed by atoms with Gasteiger partial charge in [0.15, 0.2) is 4.34 Å². The first-order valence-electron chi connectivity index (χ1n) is 11.5. The first-order chi connectivity index (χ1) is 16.8. The molecule has 3 rings (SSSR count). The van der Waals surface area contributed by atoms with Crippen molar-refractivity contribution in [3.63, 3.8) is 0 Å². The number of thiazole rings is 1. The average molecular weight is 517 g/mol. The zero-order valence-electron chi connectivity index (χ0n) is 20.6. The minimum atomic E-state index is -0.917. The highest BCUT2D eigenvalue weighted by atomic mass is 32.2. The number of thioether (sulfide) groups is 1. The van der Waals surface area contributed by atoms with Gasteiger partial charge >= 0.3 is 5.97 Å². The van der Waals surface area contributed by atoms with Crippen molar-refractivity contribution < 1.29 is 19.4 Å². The number of hydrogen-bond donors (Lipinski definition) is 1. The summed E-state index contributed by atoms with van der Waals surface area (Å²) < 4.78 is 10.9. The fourth-order valence-electron chi connectivity index (χ4n) is 3.08. The number of aliphatic carboxylic acids is 1. The molecule has 0 fully saturated rings. The summed E-state index contributed by atoms with van der Waals surface area (Å²) in [5.41, 5.74) is 2.03. The van der Waals surface area contributed by atoms with Gasteiger partial charge in [-0.1, -0.05) is 18.7 Å². The minimum absolute atomic E-state index is 0.567. The number of benzene rings is 1. The van der Waals surface area contributed by atoms with Crippen LogP contribution in [0.5, 0.6) is 11.5 Å². The number of anilines is 1. The maximum atomic E-state index is 11.4. The van der Waals surface area contributed by atoms with Gasteiger partial charge in [-0.05, 0) is 56.5 Å². The van der Waals surface area contributed by atoms with Gasteiger partial charge in [0, 0.05) is 37.3 Å². The van der Waals surface area contributed by atoms with E-state index in [1.165, 1.54) is 23.1 Å². The molecule has 188 valence electrons. The second kappa shape index (κ2) is 12.7. The molecule has 0 amide bonds. The van der Waals surface area contributed by atoms with Crippen molar-refractivity contribution in [2.75, 3.05) is 31.7 Å². The van der Waals surface area contributed by atoms with Gasteiger partial charge < -0.3 is 19.5 Å². The number of rotatable bonds is 14. The maximum Gasteiger partial charge on any atom is 0.319 e. The summed E-state index contributed by atoms with van der Waals surface area (Å²) in [6, 6.07) is 7.55. The molecule has 0 saturated carbocycles. The molecular formula is C25H32N4O4S2. The summed E-state index contributed by atoms with van der Waals surface area (Å²) in [6.07, 6.45) is 6.14. The number of carboxylic acid groups (broad SMARTS) is 1. The second-order valence-corrected chi connectivity index (χ2v) is 11.1. The highest BCUT2D eigenvalue weighted by Crippen LogP contribution is 2.34. The topological polar surface area (TPSA) is 97.7 Å². The van der Waals surface area contributed by atoms with E-state index in [9.17, 15) is 9.90 Å². The predicted octanol–water partition coefficient (Wildman–Crippen LogP) is 4.98. The van der Waals surface area contributed by atoms with E-state index in [1.54, 1.807) is 21.0 Å². The van der Waals surface area contributed by atoms with Crippen LogP contribution in [0, 0.1) is 0 Å². The normalized spacial score (nSPS) is 11.3. The maximum absolute atomic E-state index is 11.4. The molecule has 35 heavy (non-hydrogen) atoms. The molecule has 0 spiro atoms. The quantitative estimate of drug-likeness (QED) is 0.235. The van der Waals surface area contributed by atoms with E-state index >= 15 is 0 Å². The highest BCUT2D eigenvalue weighted by molar-refractivity contribution is 8.03. The predicted molar refractivity (Wildman–Crippen MR) is 140 cm³/mol. The summed E-state index contributed by atoms with van der Waals surface area (Å²) in [6.45, 7) is 7.46. The Morgan fingerprint density at radius 1 is 1.14 bits per heavy atom. The van der Waals surface area contributed by atoms with Crippen LogP contribution in [0.15, 0.2) is 46.4 Å². The van der Waals surface area contributed by atoms with Crippen LogP contribution in [-0.2, 0) is 17.6 Å². The Hall–Kier alpha value is -2.85. The number of carboxylic acids is 1. The van der Waals surface area contributed by atoms with Crippen molar-refractivity contribution in [3.05, 3.63) is 53.3 Å². The molecule has 0 saturated heterocycles. The number of aryl methyl sites for hydroxylation is 1. The zero-order valence-corrected chi connectivity index (χ0v) is 22.2. The van der Waals surface area contributed by atoms with E-state index in [0.717, 1.165) is 46.5 Å². The van der Waals surface area contributed by atoms with Crippen molar-refractivity contribution in [1.29, 1.82) is 0 Å². The van der Waals surface area contributed by atoms with E-state index in [-0.39, 0.29) is 0 Å². The summed E-state index contributed by atoms with van der Waals surface area (Å²) in [5.74, 6) is 1.43. The molecule has 8 nitrogen and oxygen atoms in total. The second-order valence-electron chi connectivity index (χ2n) is 8.38. The van der Waals surface area contributed by atoms with Crippen LogP contribution < -0.4 is 14.4 Å². The smallest absolute Gasteiger partial charge is 0.319 e. The lowest BCUT2D eigenvalue weighted by Crippen LogP contribution is -2.30. The van der Waals surface area contributed by atoms with Gasteiger partial charge in [0.25, 0.3) is 0 Å². The molecule has 1 N–H and O–H groups in total. The van der Waals surface area contributed by atoms with Crippen LogP contribution in [0.1, 0.15) is 38.4 Å². The lowest BCUT2D eigenvalue weighted by Gasteiger charge is -2.22. The van der Waals surface area contributed by atoms with Crippen LogP contribution in [0.2, 0.25) is 0 Å². The lowest BCUT2D eigenvalue weighted by molar-refractivity contribution is -0.138. The van der Waals surface area contributed by atoms with E-state index < -0.39 is 10.7 Å². The van der Waals surface area contributed by atoms with Gasteiger partial charge in [-0.2, -0.15) is 0 Å². The summed E-state index contributed by atoms with van der Waals surface area (Å²) in [5, 5.41) is 11.4. The number of ether oxygens (including phenoxy) is 2. The monoisotopic (exact) mass is 516 g/mol. The Labute approximate surface area is 214 Å².